The van der Waals surface area contributed by atoms with E-state index in [1.165, 1.54) is 11.8 Å². The van der Waals surface area contributed by atoms with E-state index in [9.17, 15) is 4.79 Å². The molecule has 0 aliphatic carbocycles. The lowest BCUT2D eigenvalue weighted by atomic mass is 9.92. The minimum atomic E-state index is -0.0362. The number of benzene rings is 1. The van der Waals surface area contributed by atoms with Crippen LogP contribution in [0.3, 0.4) is 0 Å². The van der Waals surface area contributed by atoms with Gasteiger partial charge in [-0.15, -0.1) is 10.2 Å². The fourth-order valence-electron chi connectivity index (χ4n) is 4.53. The fraction of sp³-hybridized carbons (Fsp3) is 0.519. The molecule has 3 aromatic rings. The molecule has 35 heavy (non-hydrogen) atoms. The molecule has 0 unspecified atom stereocenters. The molecular weight excluding hydrogens is 458 g/mol. The molecule has 0 bridgehead atoms. The number of anilines is 2. The number of nitrogens with one attached hydrogen (secondary N) is 1. The summed E-state index contributed by atoms with van der Waals surface area (Å²) in [6, 6.07) is 10.1. The summed E-state index contributed by atoms with van der Waals surface area (Å²) in [5.41, 5.74) is 3.28. The molecule has 1 aliphatic heterocycles. The first-order valence-electron chi connectivity index (χ1n) is 12.6. The van der Waals surface area contributed by atoms with Gasteiger partial charge in [0.15, 0.2) is 5.16 Å². The van der Waals surface area contributed by atoms with Crippen LogP contribution in [0.1, 0.15) is 76.2 Å². The van der Waals surface area contributed by atoms with Gasteiger partial charge in [-0.2, -0.15) is 0 Å². The Morgan fingerprint density at radius 1 is 1.09 bits per heavy atom. The quantitative estimate of drug-likeness (QED) is 0.360. The van der Waals surface area contributed by atoms with Gasteiger partial charge >= 0.3 is 0 Å². The monoisotopic (exact) mass is 495 g/mol. The first-order chi connectivity index (χ1) is 16.8. The van der Waals surface area contributed by atoms with Crippen molar-refractivity contribution in [2.75, 3.05) is 29.1 Å². The van der Waals surface area contributed by atoms with Crippen molar-refractivity contribution in [3.05, 3.63) is 53.5 Å². The molecule has 1 aromatic carbocycles. The summed E-state index contributed by atoms with van der Waals surface area (Å²) in [5.74, 6) is 3.29. The summed E-state index contributed by atoms with van der Waals surface area (Å²) >= 11 is 1.42. The maximum atomic E-state index is 13.1. The van der Waals surface area contributed by atoms with Crippen LogP contribution in [0.5, 0.6) is 0 Å². The van der Waals surface area contributed by atoms with E-state index >= 15 is 0 Å². The summed E-state index contributed by atoms with van der Waals surface area (Å²) in [5, 5.41) is 12.9. The number of thioether (sulfide) groups is 1. The van der Waals surface area contributed by atoms with Crippen LogP contribution in [0.15, 0.2) is 46.2 Å². The first-order valence-corrected chi connectivity index (χ1v) is 13.6. The summed E-state index contributed by atoms with van der Waals surface area (Å²) in [6.45, 7) is 13.4. The second-order valence-corrected chi connectivity index (χ2v) is 11.0. The van der Waals surface area contributed by atoms with Crippen molar-refractivity contribution in [1.29, 1.82) is 0 Å². The molecule has 1 amide bonds. The highest BCUT2D eigenvalue weighted by atomic mass is 32.2. The molecule has 0 saturated carbocycles. The number of carbonyl (C=O) groups excluding carboxylic acids is 1. The van der Waals surface area contributed by atoms with Crippen LogP contribution in [-0.4, -0.2) is 39.5 Å². The van der Waals surface area contributed by atoms with Crippen molar-refractivity contribution in [3.63, 3.8) is 0 Å². The molecule has 0 atom stereocenters. The van der Waals surface area contributed by atoms with E-state index in [0.717, 1.165) is 65.5 Å². The van der Waals surface area contributed by atoms with Gasteiger partial charge in [0, 0.05) is 18.8 Å². The van der Waals surface area contributed by atoms with Crippen molar-refractivity contribution in [1.82, 2.24) is 14.8 Å². The molecule has 3 heterocycles. The maximum Gasteiger partial charge on any atom is 0.234 e. The fourth-order valence-corrected chi connectivity index (χ4v) is 5.26. The van der Waals surface area contributed by atoms with Crippen LogP contribution in [0.25, 0.3) is 0 Å². The molecule has 2 aromatic heterocycles. The van der Waals surface area contributed by atoms with Crippen molar-refractivity contribution in [2.24, 2.45) is 5.92 Å². The Labute approximate surface area is 212 Å². The van der Waals surface area contributed by atoms with Crippen LogP contribution in [0, 0.1) is 5.92 Å². The third-order valence-corrected chi connectivity index (χ3v) is 7.59. The first kappa shape index (κ1) is 25.4. The van der Waals surface area contributed by atoms with Crippen LogP contribution in [0.2, 0.25) is 0 Å². The van der Waals surface area contributed by atoms with Crippen LogP contribution >= 0.6 is 11.8 Å². The Morgan fingerprint density at radius 3 is 2.37 bits per heavy atom. The number of furan rings is 1. The lowest BCUT2D eigenvalue weighted by molar-refractivity contribution is -0.113. The minimum Gasteiger partial charge on any atom is -0.467 e. The molecular formula is C27H37N5O2S. The van der Waals surface area contributed by atoms with Crippen molar-refractivity contribution < 1.29 is 9.21 Å². The zero-order valence-corrected chi connectivity index (χ0v) is 22.3. The van der Waals surface area contributed by atoms with E-state index < -0.39 is 0 Å². The Kier molecular flexibility index (Phi) is 8.21. The second kappa shape index (κ2) is 11.3. The number of hydrogen-bond acceptors (Lipinski definition) is 6. The second-order valence-electron chi connectivity index (χ2n) is 10.1. The van der Waals surface area contributed by atoms with Gasteiger partial charge in [0.05, 0.1) is 18.6 Å². The predicted octanol–water partition coefficient (Wildman–Crippen LogP) is 6.13. The third-order valence-electron chi connectivity index (χ3n) is 6.63. The average Bonchev–Trinajstić information content (AvgIpc) is 3.48. The Morgan fingerprint density at radius 2 is 1.77 bits per heavy atom. The lowest BCUT2D eigenvalue weighted by Crippen LogP contribution is -2.35. The normalized spacial score (nSPS) is 14.8. The van der Waals surface area contributed by atoms with Crippen molar-refractivity contribution in [3.8, 4) is 0 Å². The van der Waals surface area contributed by atoms with Gasteiger partial charge < -0.3 is 14.6 Å². The lowest BCUT2D eigenvalue weighted by Gasteiger charge is -2.31. The standard InChI is InChI=1S/C27H37N5O2S/c1-18(2)22-9-6-10-23(19(3)4)25(22)28-24(33)17-35-27-30-29-26(31-13-11-20(5)12-14-31)32(27)16-21-8-7-15-34-21/h6-10,15,18-20H,11-14,16-17H2,1-5H3,(H,28,33). The largest absolute Gasteiger partial charge is 0.467 e. The topological polar surface area (TPSA) is 76.2 Å². The number of piperidine rings is 1. The molecule has 1 aliphatic rings. The molecule has 7 nitrogen and oxygen atoms in total. The van der Waals surface area contributed by atoms with Gasteiger partial charge in [-0.25, -0.2) is 0 Å². The highest BCUT2D eigenvalue weighted by Gasteiger charge is 2.24. The molecule has 0 spiro atoms. The van der Waals surface area contributed by atoms with E-state index in [1.807, 2.05) is 12.1 Å². The number of amides is 1. The Hall–Kier alpha value is -2.74. The SMILES string of the molecule is CC1CCN(c2nnc(SCC(=O)Nc3c(C(C)C)cccc3C(C)C)n2Cc2ccco2)CC1. The minimum absolute atomic E-state index is 0.0362. The molecule has 188 valence electrons. The molecule has 1 fully saturated rings. The van der Waals surface area contributed by atoms with E-state index in [2.05, 4.69) is 77.8 Å². The van der Waals surface area contributed by atoms with Gasteiger partial charge in [-0.05, 0) is 53.9 Å². The number of carbonyl (C=O) groups is 1. The number of rotatable bonds is 9. The van der Waals surface area contributed by atoms with E-state index in [-0.39, 0.29) is 11.7 Å². The molecule has 1 saturated heterocycles. The maximum absolute atomic E-state index is 13.1. The molecule has 0 radical (unpaired) electrons. The molecule has 8 heteroatoms. The zero-order chi connectivity index (χ0) is 24.9. The average molecular weight is 496 g/mol. The van der Waals surface area contributed by atoms with Gasteiger partial charge in [-0.3, -0.25) is 9.36 Å². The van der Waals surface area contributed by atoms with Crippen LogP contribution in [0.4, 0.5) is 11.6 Å². The number of nitrogens with zero attached hydrogens (tertiary/aromatic N) is 4. The van der Waals surface area contributed by atoms with E-state index in [1.54, 1.807) is 6.26 Å². The number of para-hydroxylation sites is 1. The summed E-state index contributed by atoms with van der Waals surface area (Å²) < 4.78 is 7.69. The third kappa shape index (κ3) is 6.10. The molecule has 1 N–H and O–H groups in total. The zero-order valence-electron chi connectivity index (χ0n) is 21.5. The Balaban J connectivity index is 1.51. The van der Waals surface area contributed by atoms with E-state index in [0.29, 0.717) is 18.4 Å². The van der Waals surface area contributed by atoms with E-state index in [4.69, 9.17) is 4.42 Å². The molecule has 4 rings (SSSR count). The summed E-state index contributed by atoms with van der Waals surface area (Å²) in [4.78, 5) is 15.4. The van der Waals surface area contributed by atoms with Crippen molar-refractivity contribution in [2.45, 2.75) is 71.0 Å². The summed E-state index contributed by atoms with van der Waals surface area (Å²) in [7, 11) is 0. The smallest absolute Gasteiger partial charge is 0.234 e. The Bertz CT molecular complexity index is 1090. The van der Waals surface area contributed by atoms with Gasteiger partial charge in [0.25, 0.3) is 0 Å². The predicted molar refractivity (Wildman–Crippen MR) is 142 cm³/mol. The number of hydrogen-bond donors (Lipinski definition) is 1. The van der Waals surface area contributed by atoms with Crippen molar-refractivity contribution >= 4 is 29.3 Å². The summed E-state index contributed by atoms with van der Waals surface area (Å²) in [6.07, 6.45) is 3.97. The van der Waals surface area contributed by atoms with Gasteiger partial charge in [-0.1, -0.05) is 64.6 Å². The van der Waals surface area contributed by atoms with Gasteiger partial charge in [0.2, 0.25) is 11.9 Å². The highest BCUT2D eigenvalue weighted by molar-refractivity contribution is 7.99. The van der Waals surface area contributed by atoms with Crippen LogP contribution < -0.4 is 10.2 Å². The highest BCUT2D eigenvalue weighted by Crippen LogP contribution is 2.33. The number of aromatic nitrogens is 3. The van der Waals surface area contributed by atoms with Gasteiger partial charge in [0.1, 0.15) is 5.76 Å². The van der Waals surface area contributed by atoms with Crippen LogP contribution in [-0.2, 0) is 11.3 Å².